The number of aliphatic hydroxyl groups is 1. The molecule has 0 radical (unpaired) electrons. The monoisotopic (exact) mass is 364 g/mol. The molecule has 0 fully saturated rings. The van der Waals surface area contributed by atoms with Crippen molar-refractivity contribution < 1.29 is 50.5 Å². The number of hydrogen-bond donors (Lipinski definition) is 3. The zero-order valence-corrected chi connectivity index (χ0v) is 12.6. The predicted octanol–water partition coefficient (Wildman–Crippen LogP) is 1.51. The van der Waals surface area contributed by atoms with Gasteiger partial charge in [0.15, 0.2) is 21.4 Å². The van der Waals surface area contributed by atoms with Crippen LogP contribution in [0.5, 0.6) is 0 Å². The van der Waals surface area contributed by atoms with Crippen LogP contribution in [0, 0.1) is 5.92 Å². The molecule has 8 atom stereocenters. The van der Waals surface area contributed by atoms with Crippen molar-refractivity contribution in [3.8, 4) is 0 Å². The Morgan fingerprint density at radius 3 is 2.14 bits per heavy atom. The van der Waals surface area contributed by atoms with Crippen LogP contribution in [0.4, 0.5) is 22.0 Å². The zero-order chi connectivity index (χ0) is 16.8. The van der Waals surface area contributed by atoms with Crippen molar-refractivity contribution in [3.63, 3.8) is 0 Å². The lowest BCUT2D eigenvalue weighted by Crippen LogP contribution is -2.52. The van der Waals surface area contributed by atoms with E-state index in [-0.39, 0.29) is 0 Å². The number of hydrogen-bond acceptors (Lipinski definition) is 5. The van der Waals surface area contributed by atoms with Crippen LogP contribution in [0.2, 0.25) is 0 Å². The summed E-state index contributed by atoms with van der Waals surface area (Å²) in [4.78, 5) is 17.1. The van der Waals surface area contributed by atoms with Gasteiger partial charge in [-0.25, -0.2) is 22.0 Å². The van der Waals surface area contributed by atoms with E-state index in [2.05, 4.69) is 9.05 Å². The first-order valence-corrected chi connectivity index (χ1v) is 7.56. The van der Waals surface area contributed by atoms with E-state index in [1.165, 1.54) is 0 Å². The third-order valence-corrected chi connectivity index (χ3v) is 3.33. The van der Waals surface area contributed by atoms with Crippen molar-refractivity contribution in [2.75, 3.05) is 6.67 Å². The summed E-state index contributed by atoms with van der Waals surface area (Å²) in [5.74, 6) is -6.19. The third kappa shape index (κ3) is 6.02. The minimum atomic E-state index is -4.03. The summed E-state index contributed by atoms with van der Waals surface area (Å²) in [6, 6.07) is 0. The van der Waals surface area contributed by atoms with E-state index in [0.717, 1.165) is 0 Å². The van der Waals surface area contributed by atoms with Gasteiger partial charge in [-0.3, -0.25) is 13.6 Å². The fourth-order valence-corrected chi connectivity index (χ4v) is 2.39. The van der Waals surface area contributed by atoms with Crippen LogP contribution in [0.25, 0.3) is 0 Å². The Morgan fingerprint density at radius 2 is 1.81 bits per heavy atom. The molecule has 0 saturated heterocycles. The Bertz CT molecular complexity index is 340. The molecule has 0 saturated carbocycles. The zero-order valence-electron chi connectivity index (χ0n) is 10.6. The van der Waals surface area contributed by atoms with E-state index in [9.17, 15) is 31.6 Å². The molecule has 0 aromatic rings. The van der Waals surface area contributed by atoms with Crippen LogP contribution in [-0.2, 0) is 13.6 Å². The van der Waals surface area contributed by atoms with Crippen LogP contribution >= 0.6 is 17.3 Å². The summed E-state index contributed by atoms with van der Waals surface area (Å²) in [5.41, 5.74) is 0. The summed E-state index contributed by atoms with van der Waals surface area (Å²) in [5, 5.41) is 9.69. The molecular weight excluding hydrogens is 349 g/mol. The van der Waals surface area contributed by atoms with Gasteiger partial charge in [0, 0.05) is 0 Å². The van der Waals surface area contributed by atoms with Gasteiger partial charge in [-0.2, -0.15) is 0 Å². The molecule has 0 rings (SSSR count). The maximum atomic E-state index is 13.8. The molecule has 0 aromatic heterocycles. The normalized spacial score (nSPS) is 24.2. The van der Waals surface area contributed by atoms with E-state index in [4.69, 9.17) is 9.79 Å². The standard InChI is InChI=1S/C8H15F5O6P2/c1-3(10)5(7(13)6(12)4(11)2-9)8(14,18-20-15)19-21(16)17/h3-7,14-15,20-21H,2H2,1H3,(H,16,17). The van der Waals surface area contributed by atoms with Gasteiger partial charge in [-0.05, 0) is 6.92 Å². The minimum absolute atomic E-state index is 0.597. The smallest absolute Gasteiger partial charge is 0.320 e. The topological polar surface area (TPSA) is 96.2 Å². The number of alkyl halides is 5. The van der Waals surface area contributed by atoms with E-state index < -0.39 is 60.5 Å². The van der Waals surface area contributed by atoms with E-state index >= 15 is 0 Å². The van der Waals surface area contributed by atoms with Crippen molar-refractivity contribution >= 4 is 17.3 Å². The molecule has 21 heavy (non-hydrogen) atoms. The van der Waals surface area contributed by atoms with Crippen LogP contribution in [-0.4, -0.2) is 52.2 Å². The second-order valence-electron chi connectivity index (χ2n) is 3.95. The Balaban J connectivity index is 5.45. The maximum absolute atomic E-state index is 13.8. The molecule has 0 bridgehead atoms. The highest BCUT2D eigenvalue weighted by molar-refractivity contribution is 7.32. The summed E-state index contributed by atoms with van der Waals surface area (Å²) < 4.78 is 83.9. The van der Waals surface area contributed by atoms with Crippen molar-refractivity contribution in [1.29, 1.82) is 0 Å². The predicted molar refractivity (Wildman–Crippen MR) is 63.6 cm³/mol. The van der Waals surface area contributed by atoms with Gasteiger partial charge in [0.25, 0.3) is 0 Å². The average molecular weight is 364 g/mol. The molecule has 8 unspecified atom stereocenters. The molecule has 0 amide bonds. The Hall–Kier alpha value is 0.110. The lowest BCUT2D eigenvalue weighted by Gasteiger charge is -2.36. The molecule has 0 heterocycles. The highest BCUT2D eigenvalue weighted by Crippen LogP contribution is 2.41. The minimum Gasteiger partial charge on any atom is -0.352 e. The second-order valence-corrected chi connectivity index (χ2v) is 5.08. The van der Waals surface area contributed by atoms with Gasteiger partial charge in [-0.1, -0.05) is 0 Å². The summed E-state index contributed by atoms with van der Waals surface area (Å²) >= 11 is 0. The highest BCUT2D eigenvalue weighted by atomic mass is 31.1. The van der Waals surface area contributed by atoms with Crippen molar-refractivity contribution in [3.05, 3.63) is 0 Å². The molecule has 3 N–H and O–H groups in total. The quantitative estimate of drug-likeness (QED) is 0.309. The number of rotatable bonds is 10. The SMILES string of the molecule is CC(F)C(C(F)C(F)C(F)CF)C(O)(OPO)O[PH](=O)O. The molecule has 128 valence electrons. The Kier molecular flexibility index (Phi) is 9.34. The van der Waals surface area contributed by atoms with Crippen molar-refractivity contribution in [2.45, 2.75) is 37.6 Å². The van der Waals surface area contributed by atoms with Crippen LogP contribution in [0.1, 0.15) is 6.92 Å². The largest absolute Gasteiger partial charge is 0.352 e. The van der Waals surface area contributed by atoms with E-state index in [0.29, 0.717) is 6.92 Å². The summed E-state index contributed by atoms with van der Waals surface area (Å²) in [6.07, 6.45) is -11.8. The molecule has 0 spiro atoms. The van der Waals surface area contributed by atoms with Gasteiger partial charge < -0.3 is 14.9 Å². The molecule has 6 nitrogen and oxygen atoms in total. The Morgan fingerprint density at radius 1 is 1.29 bits per heavy atom. The van der Waals surface area contributed by atoms with E-state index in [1.807, 2.05) is 0 Å². The number of halogens is 5. The highest BCUT2D eigenvalue weighted by Gasteiger charge is 2.53. The van der Waals surface area contributed by atoms with Gasteiger partial charge in [-0.15, -0.1) is 0 Å². The molecule has 0 aliphatic carbocycles. The van der Waals surface area contributed by atoms with Gasteiger partial charge in [0.2, 0.25) is 0 Å². The maximum Gasteiger partial charge on any atom is 0.320 e. The molecule has 0 aliphatic heterocycles. The first kappa shape index (κ1) is 21.1. The van der Waals surface area contributed by atoms with Gasteiger partial charge >= 0.3 is 14.2 Å². The lowest BCUT2D eigenvalue weighted by atomic mass is 9.91. The van der Waals surface area contributed by atoms with Crippen molar-refractivity contribution in [2.24, 2.45) is 5.92 Å². The lowest BCUT2D eigenvalue weighted by molar-refractivity contribution is -0.324. The second kappa shape index (κ2) is 9.29. The van der Waals surface area contributed by atoms with Crippen molar-refractivity contribution in [1.82, 2.24) is 0 Å². The van der Waals surface area contributed by atoms with E-state index in [1.54, 1.807) is 0 Å². The molecule has 0 aliphatic rings. The third-order valence-electron chi connectivity index (χ3n) is 2.48. The fourth-order valence-electron chi connectivity index (χ4n) is 1.57. The van der Waals surface area contributed by atoms with Crippen LogP contribution in [0.3, 0.4) is 0 Å². The first-order chi connectivity index (χ1) is 9.60. The average Bonchev–Trinajstić information content (AvgIpc) is 2.35. The van der Waals surface area contributed by atoms with Crippen LogP contribution in [0.15, 0.2) is 0 Å². The summed E-state index contributed by atoms with van der Waals surface area (Å²) in [7, 11) is -5.69. The molecule has 13 heteroatoms. The first-order valence-electron chi connectivity index (χ1n) is 5.44. The van der Waals surface area contributed by atoms with Gasteiger partial charge in [0.1, 0.15) is 24.9 Å². The fraction of sp³-hybridized carbons (Fsp3) is 1.00. The molecule has 0 aromatic carbocycles. The Labute approximate surface area is 119 Å². The molecular formula is C8H15F5O6P2. The van der Waals surface area contributed by atoms with Crippen LogP contribution < -0.4 is 0 Å². The summed E-state index contributed by atoms with van der Waals surface area (Å²) in [6.45, 7) is -1.31. The van der Waals surface area contributed by atoms with Gasteiger partial charge in [0.05, 0.1) is 0 Å².